The van der Waals surface area contributed by atoms with Crippen molar-refractivity contribution in [2.75, 3.05) is 5.75 Å². The van der Waals surface area contributed by atoms with Crippen LogP contribution in [0.25, 0.3) is 0 Å². The lowest BCUT2D eigenvalue weighted by Crippen LogP contribution is -1.99. The molecule has 0 heterocycles. The van der Waals surface area contributed by atoms with E-state index in [-0.39, 0.29) is 0 Å². The fraction of sp³-hybridized carbons (Fsp3) is 1.00. The average Bonchev–Trinajstić information content (AvgIpc) is 2.22. The van der Waals surface area contributed by atoms with Crippen LogP contribution in [0.4, 0.5) is 0 Å². The van der Waals surface area contributed by atoms with E-state index in [2.05, 4.69) is 26.5 Å². The lowest BCUT2D eigenvalue weighted by molar-refractivity contribution is 0.402. The third-order valence-electron chi connectivity index (χ3n) is 3.06. The molecule has 0 fully saturated rings. The summed E-state index contributed by atoms with van der Waals surface area (Å²) in [5.41, 5.74) is 0. The van der Waals surface area contributed by atoms with E-state index in [1.165, 1.54) is 57.8 Å². The highest BCUT2D eigenvalue weighted by Gasteiger charge is 2.04. The van der Waals surface area contributed by atoms with Gasteiger partial charge in [-0.05, 0) is 18.1 Å². The minimum absolute atomic E-state index is 0.992. The second-order valence-corrected chi connectivity index (χ2v) is 4.79. The maximum absolute atomic E-state index is 4.25. The molecule has 0 rings (SSSR count). The summed E-state index contributed by atoms with van der Waals surface area (Å²) >= 11 is 4.25. The molecule has 0 radical (unpaired) electrons. The number of rotatable bonds is 10. The minimum atomic E-state index is 0.992. The molecule has 1 heteroatoms. The van der Waals surface area contributed by atoms with Gasteiger partial charge in [-0.2, -0.15) is 12.6 Å². The monoisotopic (exact) mass is 216 g/mol. The second kappa shape index (κ2) is 11.4. The summed E-state index contributed by atoms with van der Waals surface area (Å²) in [5.74, 6) is 2.05. The van der Waals surface area contributed by atoms with E-state index in [0.29, 0.717) is 0 Å². The normalized spacial score (nSPS) is 13.1. The van der Waals surface area contributed by atoms with Crippen LogP contribution in [0.15, 0.2) is 0 Å². The fourth-order valence-electron chi connectivity index (χ4n) is 1.96. The Morgan fingerprint density at radius 1 is 0.857 bits per heavy atom. The summed E-state index contributed by atoms with van der Waals surface area (Å²) in [6.07, 6.45) is 12.6. The summed E-state index contributed by atoms with van der Waals surface area (Å²) in [7, 11) is 0. The maximum Gasteiger partial charge on any atom is -0.00979 e. The second-order valence-electron chi connectivity index (χ2n) is 4.34. The molecule has 0 N–H and O–H groups in total. The van der Waals surface area contributed by atoms with E-state index in [1.807, 2.05) is 0 Å². The molecule has 0 saturated heterocycles. The number of thiol groups is 1. The molecule has 0 aromatic carbocycles. The standard InChI is InChI=1S/C13H28S/c1-3-5-6-7-10-13(4-2)11-8-9-12-14/h13-14H,3-12H2,1-2H3. The lowest BCUT2D eigenvalue weighted by atomic mass is 9.93. The van der Waals surface area contributed by atoms with E-state index < -0.39 is 0 Å². The van der Waals surface area contributed by atoms with Crippen molar-refractivity contribution in [3.05, 3.63) is 0 Å². The summed E-state index contributed by atoms with van der Waals surface area (Å²) in [6, 6.07) is 0. The third-order valence-corrected chi connectivity index (χ3v) is 3.38. The number of hydrogen-bond donors (Lipinski definition) is 1. The summed E-state index contributed by atoms with van der Waals surface area (Å²) in [4.78, 5) is 0. The van der Waals surface area contributed by atoms with E-state index in [9.17, 15) is 0 Å². The van der Waals surface area contributed by atoms with Gasteiger partial charge in [0.25, 0.3) is 0 Å². The molecular formula is C13H28S. The smallest absolute Gasteiger partial charge is 0.00979 e. The highest BCUT2D eigenvalue weighted by molar-refractivity contribution is 7.80. The predicted octanol–water partition coefficient (Wildman–Crippen LogP) is 5.08. The van der Waals surface area contributed by atoms with Crippen molar-refractivity contribution in [2.45, 2.75) is 71.6 Å². The van der Waals surface area contributed by atoms with E-state index in [1.54, 1.807) is 0 Å². The fourth-order valence-corrected chi connectivity index (χ4v) is 2.18. The zero-order valence-corrected chi connectivity index (χ0v) is 11.0. The molecule has 0 aromatic rings. The van der Waals surface area contributed by atoms with E-state index >= 15 is 0 Å². The van der Waals surface area contributed by atoms with Crippen LogP contribution in [0.5, 0.6) is 0 Å². The molecule has 0 saturated carbocycles. The molecule has 14 heavy (non-hydrogen) atoms. The van der Waals surface area contributed by atoms with Gasteiger partial charge in [0, 0.05) is 0 Å². The van der Waals surface area contributed by atoms with Crippen LogP contribution in [0.1, 0.15) is 71.6 Å². The predicted molar refractivity (Wildman–Crippen MR) is 70.2 cm³/mol. The quantitative estimate of drug-likeness (QED) is 0.382. The van der Waals surface area contributed by atoms with Gasteiger partial charge < -0.3 is 0 Å². The largest absolute Gasteiger partial charge is 0.179 e. The first-order chi connectivity index (χ1) is 6.85. The third kappa shape index (κ3) is 8.93. The van der Waals surface area contributed by atoms with Crippen molar-refractivity contribution >= 4 is 12.6 Å². The highest BCUT2D eigenvalue weighted by atomic mass is 32.1. The van der Waals surface area contributed by atoms with Gasteiger partial charge in [0.05, 0.1) is 0 Å². The van der Waals surface area contributed by atoms with Crippen LogP contribution in [0.3, 0.4) is 0 Å². The molecule has 0 aromatic heterocycles. The Hall–Kier alpha value is 0.350. The molecule has 0 aliphatic heterocycles. The highest BCUT2D eigenvalue weighted by Crippen LogP contribution is 2.20. The van der Waals surface area contributed by atoms with Gasteiger partial charge in [-0.1, -0.05) is 65.2 Å². The van der Waals surface area contributed by atoms with Gasteiger partial charge in [0.2, 0.25) is 0 Å². The van der Waals surface area contributed by atoms with Gasteiger partial charge in [0.15, 0.2) is 0 Å². The average molecular weight is 216 g/mol. The van der Waals surface area contributed by atoms with E-state index in [4.69, 9.17) is 0 Å². The Morgan fingerprint density at radius 2 is 1.50 bits per heavy atom. The van der Waals surface area contributed by atoms with Crippen molar-refractivity contribution in [1.29, 1.82) is 0 Å². The zero-order valence-electron chi connectivity index (χ0n) is 10.1. The first-order valence-electron chi connectivity index (χ1n) is 6.46. The number of hydrogen-bond acceptors (Lipinski definition) is 1. The molecule has 0 amide bonds. The van der Waals surface area contributed by atoms with Crippen LogP contribution in [-0.4, -0.2) is 5.75 Å². The van der Waals surface area contributed by atoms with Crippen LogP contribution in [0.2, 0.25) is 0 Å². The molecule has 0 nitrogen and oxygen atoms in total. The van der Waals surface area contributed by atoms with Crippen molar-refractivity contribution in [1.82, 2.24) is 0 Å². The van der Waals surface area contributed by atoms with Gasteiger partial charge >= 0.3 is 0 Å². The Labute approximate surface area is 96.3 Å². The Bertz CT molecular complexity index is 101. The van der Waals surface area contributed by atoms with Crippen molar-refractivity contribution in [2.24, 2.45) is 5.92 Å². The van der Waals surface area contributed by atoms with Crippen molar-refractivity contribution < 1.29 is 0 Å². The zero-order chi connectivity index (χ0) is 10.6. The molecule has 1 atom stereocenters. The SMILES string of the molecule is CCCCCCC(CC)CCCCS. The van der Waals surface area contributed by atoms with Crippen LogP contribution in [0, 0.1) is 5.92 Å². The first-order valence-corrected chi connectivity index (χ1v) is 7.09. The van der Waals surface area contributed by atoms with Crippen LogP contribution < -0.4 is 0 Å². The van der Waals surface area contributed by atoms with E-state index in [0.717, 1.165) is 11.7 Å². The summed E-state index contributed by atoms with van der Waals surface area (Å²) in [5, 5.41) is 0. The summed E-state index contributed by atoms with van der Waals surface area (Å²) in [6.45, 7) is 4.62. The topological polar surface area (TPSA) is 0 Å². The van der Waals surface area contributed by atoms with Crippen molar-refractivity contribution in [3.63, 3.8) is 0 Å². The first kappa shape index (κ1) is 14.3. The molecular weight excluding hydrogens is 188 g/mol. The molecule has 0 bridgehead atoms. The molecule has 0 spiro atoms. The Balaban J connectivity index is 3.28. The molecule has 0 aliphatic carbocycles. The molecule has 86 valence electrons. The number of unbranched alkanes of at least 4 members (excludes halogenated alkanes) is 4. The maximum atomic E-state index is 4.25. The van der Waals surface area contributed by atoms with Gasteiger partial charge in [-0.3, -0.25) is 0 Å². The van der Waals surface area contributed by atoms with Crippen LogP contribution >= 0.6 is 12.6 Å². The van der Waals surface area contributed by atoms with Crippen LogP contribution in [-0.2, 0) is 0 Å². The van der Waals surface area contributed by atoms with Crippen molar-refractivity contribution in [3.8, 4) is 0 Å². The molecule has 0 aliphatic rings. The minimum Gasteiger partial charge on any atom is -0.179 e. The Kier molecular flexibility index (Phi) is 11.7. The van der Waals surface area contributed by atoms with Gasteiger partial charge in [0.1, 0.15) is 0 Å². The molecule has 1 unspecified atom stereocenters. The lowest BCUT2D eigenvalue weighted by Gasteiger charge is -2.13. The summed E-state index contributed by atoms with van der Waals surface area (Å²) < 4.78 is 0. The van der Waals surface area contributed by atoms with Gasteiger partial charge in [-0.15, -0.1) is 0 Å². The van der Waals surface area contributed by atoms with Gasteiger partial charge in [-0.25, -0.2) is 0 Å². The Morgan fingerprint density at radius 3 is 2.00 bits per heavy atom.